The highest BCUT2D eigenvalue weighted by Crippen LogP contribution is 2.22. The van der Waals surface area contributed by atoms with Gasteiger partial charge in [0.1, 0.15) is 5.82 Å². The molecule has 0 aliphatic heterocycles. The van der Waals surface area contributed by atoms with Crippen molar-refractivity contribution in [2.75, 3.05) is 5.32 Å². The van der Waals surface area contributed by atoms with Gasteiger partial charge in [-0.2, -0.15) is 0 Å². The lowest BCUT2D eigenvalue weighted by molar-refractivity contribution is 0.628. The third-order valence-electron chi connectivity index (χ3n) is 1.71. The number of aliphatic imine (C=N–C) groups is 1. The van der Waals surface area contributed by atoms with E-state index in [1.165, 1.54) is 12.1 Å². The lowest BCUT2D eigenvalue weighted by Gasteiger charge is -2.11. The van der Waals surface area contributed by atoms with Gasteiger partial charge in [0.25, 0.3) is 0 Å². The van der Waals surface area contributed by atoms with E-state index in [1.54, 1.807) is 6.07 Å². The number of anilines is 1. The van der Waals surface area contributed by atoms with Crippen molar-refractivity contribution in [2.45, 2.75) is 19.9 Å². The monoisotopic (exact) mass is 288 g/mol. The molecule has 0 aliphatic rings. The third-order valence-corrected chi connectivity index (χ3v) is 2.40. The van der Waals surface area contributed by atoms with E-state index in [-0.39, 0.29) is 11.9 Å². The van der Waals surface area contributed by atoms with E-state index < -0.39 is 0 Å². The summed E-state index contributed by atoms with van der Waals surface area (Å²) in [6.07, 6.45) is 0. The van der Waals surface area contributed by atoms with Crippen molar-refractivity contribution in [3.63, 3.8) is 0 Å². The number of guanidine groups is 1. The van der Waals surface area contributed by atoms with Gasteiger partial charge >= 0.3 is 0 Å². The van der Waals surface area contributed by atoms with Crippen LogP contribution in [0, 0.1) is 5.82 Å². The number of nitrogens with two attached hydrogens (primary N) is 1. The van der Waals surface area contributed by atoms with Gasteiger partial charge < -0.3 is 5.32 Å². The van der Waals surface area contributed by atoms with Crippen molar-refractivity contribution in [2.24, 2.45) is 10.8 Å². The fourth-order valence-corrected chi connectivity index (χ4v) is 1.43. The van der Waals surface area contributed by atoms with E-state index in [9.17, 15) is 4.39 Å². The Kier molecular flexibility index (Phi) is 4.70. The van der Waals surface area contributed by atoms with Crippen molar-refractivity contribution in [1.29, 1.82) is 0 Å². The number of nitrogens with one attached hydrogen (secondary N) is 2. The Morgan fingerprint density at radius 2 is 2.19 bits per heavy atom. The summed E-state index contributed by atoms with van der Waals surface area (Å²) in [6, 6.07) is 4.42. The Hall–Kier alpha value is -1.14. The molecule has 0 unspecified atom stereocenters. The summed E-state index contributed by atoms with van der Waals surface area (Å²) in [6.45, 7) is 3.83. The molecule has 16 heavy (non-hydrogen) atoms. The molecule has 0 bridgehead atoms. The van der Waals surface area contributed by atoms with Gasteiger partial charge in [-0.05, 0) is 48.0 Å². The number of hydrogen-bond acceptors (Lipinski definition) is 2. The molecule has 0 aliphatic carbocycles. The molecule has 0 heterocycles. The molecular formula is C10H14BrFN4. The minimum atomic E-state index is -0.327. The highest BCUT2D eigenvalue weighted by molar-refractivity contribution is 9.10. The number of hydrogen-bond donors (Lipinski definition) is 3. The third kappa shape index (κ3) is 3.79. The van der Waals surface area contributed by atoms with Crippen LogP contribution < -0.4 is 16.6 Å². The molecule has 1 aromatic rings. The van der Waals surface area contributed by atoms with Gasteiger partial charge in [0.2, 0.25) is 5.96 Å². The number of nitrogens with zero attached hydrogens (tertiary/aromatic N) is 1. The first-order valence-electron chi connectivity index (χ1n) is 4.79. The van der Waals surface area contributed by atoms with Gasteiger partial charge in [-0.1, -0.05) is 0 Å². The maximum absolute atomic E-state index is 13.0. The van der Waals surface area contributed by atoms with E-state index >= 15 is 0 Å². The van der Waals surface area contributed by atoms with Gasteiger partial charge in [-0.25, -0.2) is 15.2 Å². The molecule has 0 aromatic heterocycles. The van der Waals surface area contributed by atoms with Crippen LogP contribution in [0.5, 0.6) is 0 Å². The number of rotatable bonds is 2. The van der Waals surface area contributed by atoms with Gasteiger partial charge in [-0.15, -0.1) is 0 Å². The molecule has 4 N–H and O–H groups in total. The van der Waals surface area contributed by atoms with Crippen LogP contribution in [-0.2, 0) is 0 Å². The topological polar surface area (TPSA) is 62.4 Å². The molecule has 6 heteroatoms. The molecule has 0 saturated heterocycles. The predicted molar refractivity (Wildman–Crippen MR) is 67.6 cm³/mol. The fraction of sp³-hybridized carbons (Fsp3) is 0.300. The number of benzene rings is 1. The Balaban J connectivity index is 2.90. The van der Waals surface area contributed by atoms with Gasteiger partial charge in [0.15, 0.2) is 0 Å². The minimum absolute atomic E-state index is 0.0888. The summed E-state index contributed by atoms with van der Waals surface area (Å²) < 4.78 is 13.7. The second-order valence-corrected chi connectivity index (χ2v) is 4.32. The molecule has 0 atom stereocenters. The van der Waals surface area contributed by atoms with E-state index in [4.69, 9.17) is 5.84 Å². The second kappa shape index (κ2) is 5.81. The van der Waals surface area contributed by atoms with Crippen LogP contribution >= 0.6 is 15.9 Å². The van der Waals surface area contributed by atoms with Crippen molar-refractivity contribution >= 4 is 27.6 Å². The van der Waals surface area contributed by atoms with Crippen LogP contribution in [0.15, 0.2) is 27.7 Å². The zero-order valence-electron chi connectivity index (χ0n) is 9.09. The average molecular weight is 289 g/mol. The Morgan fingerprint density at radius 3 is 2.75 bits per heavy atom. The van der Waals surface area contributed by atoms with Crippen molar-refractivity contribution in [3.05, 3.63) is 28.5 Å². The first kappa shape index (κ1) is 12.9. The quantitative estimate of drug-likeness (QED) is 0.338. The molecule has 0 spiro atoms. The van der Waals surface area contributed by atoms with Gasteiger partial charge in [-0.3, -0.25) is 5.43 Å². The van der Waals surface area contributed by atoms with Crippen molar-refractivity contribution < 1.29 is 4.39 Å². The number of halogens is 2. The van der Waals surface area contributed by atoms with E-state index in [1.807, 2.05) is 13.8 Å². The predicted octanol–water partition coefficient (Wildman–Crippen LogP) is 2.23. The van der Waals surface area contributed by atoms with Crippen molar-refractivity contribution in [3.8, 4) is 0 Å². The average Bonchev–Trinajstić information content (AvgIpc) is 2.21. The maximum Gasteiger partial charge on any atom is 0.210 e. The molecular weight excluding hydrogens is 275 g/mol. The lowest BCUT2D eigenvalue weighted by Crippen LogP contribution is -2.37. The molecule has 0 amide bonds. The van der Waals surface area contributed by atoms with Crippen LogP contribution in [0.25, 0.3) is 0 Å². The summed E-state index contributed by atoms with van der Waals surface area (Å²) in [4.78, 5) is 4.19. The first-order chi connectivity index (χ1) is 7.52. The molecule has 4 nitrogen and oxygen atoms in total. The minimum Gasteiger partial charge on any atom is -0.324 e. The van der Waals surface area contributed by atoms with Gasteiger partial charge in [0.05, 0.1) is 5.69 Å². The highest BCUT2D eigenvalue weighted by atomic mass is 79.9. The maximum atomic E-state index is 13.0. The molecule has 1 aromatic carbocycles. The summed E-state index contributed by atoms with van der Waals surface area (Å²) in [5.41, 5.74) is 2.99. The van der Waals surface area contributed by atoms with Crippen LogP contribution in [-0.4, -0.2) is 12.0 Å². The largest absolute Gasteiger partial charge is 0.324 e. The van der Waals surface area contributed by atoms with E-state index in [2.05, 4.69) is 31.7 Å². The smallest absolute Gasteiger partial charge is 0.210 e. The molecule has 0 radical (unpaired) electrons. The Morgan fingerprint density at radius 1 is 1.50 bits per heavy atom. The van der Waals surface area contributed by atoms with E-state index in [0.29, 0.717) is 11.6 Å². The molecule has 0 fully saturated rings. The van der Waals surface area contributed by atoms with Crippen LogP contribution in [0.1, 0.15) is 13.8 Å². The van der Waals surface area contributed by atoms with Crippen LogP contribution in [0.2, 0.25) is 0 Å². The molecule has 1 rings (SSSR count). The summed E-state index contributed by atoms with van der Waals surface area (Å²) in [5, 5.41) is 2.90. The van der Waals surface area contributed by atoms with E-state index in [0.717, 1.165) is 4.47 Å². The Labute approximate surface area is 102 Å². The van der Waals surface area contributed by atoms with Gasteiger partial charge in [0, 0.05) is 10.5 Å². The molecule has 0 saturated carbocycles. The molecule has 88 valence electrons. The fourth-order valence-electron chi connectivity index (χ4n) is 1.08. The number of hydrazine groups is 1. The summed E-state index contributed by atoms with van der Waals surface area (Å²) >= 11 is 3.30. The normalized spacial score (nSPS) is 11.8. The lowest BCUT2D eigenvalue weighted by atomic mass is 10.3. The first-order valence-corrected chi connectivity index (χ1v) is 5.58. The Bertz CT molecular complexity index is 392. The zero-order chi connectivity index (χ0) is 12.1. The SMILES string of the molecule is CC(C)N=C(NN)Nc1cc(F)ccc1Br. The summed E-state index contributed by atoms with van der Waals surface area (Å²) in [7, 11) is 0. The highest BCUT2D eigenvalue weighted by Gasteiger charge is 2.04. The standard InChI is InChI=1S/C10H14BrFN4/c1-6(2)14-10(16-13)15-9-5-7(12)3-4-8(9)11/h3-6H,13H2,1-2H3,(H2,14,15,16). The summed E-state index contributed by atoms with van der Waals surface area (Å²) in [5.74, 6) is 5.37. The van der Waals surface area contributed by atoms with Crippen LogP contribution in [0.4, 0.5) is 10.1 Å². The zero-order valence-corrected chi connectivity index (χ0v) is 10.7. The second-order valence-electron chi connectivity index (χ2n) is 3.46. The van der Waals surface area contributed by atoms with Crippen LogP contribution in [0.3, 0.4) is 0 Å². The van der Waals surface area contributed by atoms with Crippen molar-refractivity contribution in [1.82, 2.24) is 5.43 Å².